The normalized spacial score (nSPS) is 10.9. The van der Waals surface area contributed by atoms with Crippen molar-refractivity contribution in [2.24, 2.45) is 0 Å². The van der Waals surface area contributed by atoms with Gasteiger partial charge in [0, 0.05) is 6.07 Å². The lowest BCUT2D eigenvalue weighted by Crippen LogP contribution is -2.35. The Hall–Kier alpha value is -1.64. The lowest BCUT2D eigenvalue weighted by atomic mass is 10.3. The summed E-state index contributed by atoms with van der Waals surface area (Å²) < 4.78 is 30.3. The van der Waals surface area contributed by atoms with Crippen molar-refractivity contribution in [3.05, 3.63) is 24.3 Å². The van der Waals surface area contributed by atoms with Gasteiger partial charge in [-0.3, -0.25) is 10.0 Å². The fraction of sp³-hybridized carbons (Fsp3) is 0.222. The van der Waals surface area contributed by atoms with Gasteiger partial charge >= 0.3 is 0 Å². The molecule has 0 heterocycles. The van der Waals surface area contributed by atoms with Gasteiger partial charge in [-0.15, -0.1) is 0 Å². The highest BCUT2D eigenvalue weighted by Crippen LogP contribution is 2.16. The van der Waals surface area contributed by atoms with Crippen molar-refractivity contribution < 1.29 is 23.2 Å². The molecule has 1 aromatic rings. The van der Waals surface area contributed by atoms with Crippen LogP contribution >= 0.6 is 0 Å². The number of hydrogen-bond acceptors (Lipinski definition) is 5. The Morgan fingerprint density at radius 2 is 2.18 bits per heavy atom. The second kappa shape index (κ2) is 5.62. The van der Waals surface area contributed by atoms with Crippen molar-refractivity contribution in [3.63, 3.8) is 0 Å². The molecule has 0 aliphatic heterocycles. The van der Waals surface area contributed by atoms with Crippen LogP contribution in [-0.2, 0) is 14.8 Å². The summed E-state index contributed by atoms with van der Waals surface area (Å²) in [5.74, 6) is -0.462. The van der Waals surface area contributed by atoms with Crippen LogP contribution in [0.1, 0.15) is 0 Å². The molecule has 0 radical (unpaired) electrons. The van der Waals surface area contributed by atoms with Gasteiger partial charge in [0.2, 0.25) is 10.0 Å². The van der Waals surface area contributed by atoms with E-state index in [0.717, 1.165) is 0 Å². The quantitative estimate of drug-likeness (QED) is 0.488. The molecule has 0 aliphatic carbocycles. The number of hydrogen-bond donors (Lipinski definition) is 3. The van der Waals surface area contributed by atoms with Crippen LogP contribution in [0.2, 0.25) is 0 Å². The van der Waals surface area contributed by atoms with Gasteiger partial charge in [-0.05, 0) is 12.1 Å². The molecule has 1 amide bonds. The zero-order chi connectivity index (χ0) is 12.9. The van der Waals surface area contributed by atoms with Gasteiger partial charge in [0.15, 0.2) is 0 Å². The molecule has 0 aliphatic rings. The van der Waals surface area contributed by atoms with Gasteiger partial charge in [-0.1, -0.05) is 6.07 Å². The Bertz CT molecular complexity index is 500. The molecule has 0 saturated carbocycles. The van der Waals surface area contributed by atoms with E-state index >= 15 is 0 Å². The molecular weight excluding hydrogens is 248 g/mol. The van der Waals surface area contributed by atoms with E-state index in [2.05, 4.69) is 0 Å². The lowest BCUT2D eigenvalue weighted by molar-refractivity contribution is -0.127. The molecule has 0 aromatic heterocycles. The molecule has 0 unspecified atom stereocenters. The highest BCUT2D eigenvalue weighted by atomic mass is 32.2. The molecule has 1 rings (SSSR count). The number of ether oxygens (including phenoxy) is 1. The van der Waals surface area contributed by atoms with Crippen molar-refractivity contribution in [3.8, 4) is 5.75 Å². The Morgan fingerprint density at radius 3 is 2.76 bits per heavy atom. The third-order valence-corrected chi connectivity index (χ3v) is 3.30. The maximum atomic E-state index is 11.7. The van der Waals surface area contributed by atoms with E-state index < -0.39 is 22.5 Å². The van der Waals surface area contributed by atoms with E-state index in [0.29, 0.717) is 5.75 Å². The predicted octanol–water partition coefficient (Wildman–Crippen LogP) is -0.521. The summed E-state index contributed by atoms with van der Waals surface area (Å²) in [6.07, 6.45) is 0. The summed E-state index contributed by atoms with van der Waals surface area (Å²) in [5.41, 5.74) is 1.32. The summed E-state index contributed by atoms with van der Waals surface area (Å²) in [6, 6.07) is 5.79. The molecule has 0 saturated heterocycles. The minimum Gasteiger partial charge on any atom is -0.497 e. The topological polar surface area (TPSA) is 105 Å². The molecule has 3 N–H and O–H groups in total. The highest BCUT2D eigenvalue weighted by molar-refractivity contribution is 7.89. The average Bonchev–Trinajstić information content (AvgIpc) is 2.36. The van der Waals surface area contributed by atoms with E-state index in [-0.39, 0.29) is 4.90 Å². The first kappa shape index (κ1) is 13.4. The smallest absolute Gasteiger partial charge is 0.258 e. The number of methoxy groups -OCH3 is 1. The third-order valence-electron chi connectivity index (χ3n) is 1.90. The van der Waals surface area contributed by atoms with Crippen LogP contribution in [0.25, 0.3) is 0 Å². The van der Waals surface area contributed by atoms with Crippen LogP contribution in [0.3, 0.4) is 0 Å². The number of carbonyl (C=O) groups excluding carboxylic acids is 1. The summed E-state index contributed by atoms with van der Waals surface area (Å²) in [4.78, 5) is 10.7. The lowest BCUT2D eigenvalue weighted by Gasteiger charge is -2.07. The fourth-order valence-electron chi connectivity index (χ4n) is 1.05. The molecule has 0 bridgehead atoms. The SMILES string of the molecule is COc1cccc(S(=O)(=O)NCC(=O)NO)c1. The Labute approximate surface area is 98.4 Å². The first-order valence-electron chi connectivity index (χ1n) is 4.56. The van der Waals surface area contributed by atoms with Crippen molar-refractivity contribution in [2.75, 3.05) is 13.7 Å². The van der Waals surface area contributed by atoms with Crippen LogP contribution in [0.4, 0.5) is 0 Å². The average molecular weight is 260 g/mol. The minimum absolute atomic E-state index is 0.0254. The summed E-state index contributed by atoms with van der Waals surface area (Å²) in [7, 11) is -2.38. The van der Waals surface area contributed by atoms with Crippen molar-refractivity contribution in [2.45, 2.75) is 4.90 Å². The number of nitrogens with one attached hydrogen (secondary N) is 2. The van der Waals surface area contributed by atoms with Gasteiger partial charge in [-0.25, -0.2) is 18.6 Å². The van der Waals surface area contributed by atoms with Crippen molar-refractivity contribution >= 4 is 15.9 Å². The Balaban J connectivity index is 2.85. The predicted molar refractivity (Wildman–Crippen MR) is 58.1 cm³/mol. The second-order valence-corrected chi connectivity index (χ2v) is 4.81. The monoisotopic (exact) mass is 260 g/mol. The molecule has 0 fully saturated rings. The van der Waals surface area contributed by atoms with Crippen LogP contribution in [0.15, 0.2) is 29.2 Å². The number of rotatable bonds is 5. The molecule has 17 heavy (non-hydrogen) atoms. The highest BCUT2D eigenvalue weighted by Gasteiger charge is 2.15. The number of carbonyl (C=O) groups is 1. The Morgan fingerprint density at radius 1 is 1.47 bits per heavy atom. The zero-order valence-corrected chi connectivity index (χ0v) is 9.82. The van der Waals surface area contributed by atoms with E-state index in [1.54, 1.807) is 6.07 Å². The third kappa shape index (κ3) is 3.70. The molecule has 94 valence electrons. The Kier molecular flexibility index (Phi) is 4.44. The van der Waals surface area contributed by atoms with Crippen molar-refractivity contribution in [1.29, 1.82) is 0 Å². The molecule has 1 aromatic carbocycles. The first-order chi connectivity index (χ1) is 7.99. The number of sulfonamides is 1. The van der Waals surface area contributed by atoms with Crippen LogP contribution in [0, 0.1) is 0 Å². The van der Waals surface area contributed by atoms with Crippen LogP contribution in [-0.4, -0.2) is 33.2 Å². The molecule has 7 nitrogen and oxygen atoms in total. The molecule has 0 atom stereocenters. The maximum absolute atomic E-state index is 11.7. The van der Waals surface area contributed by atoms with Gasteiger partial charge in [0.05, 0.1) is 18.6 Å². The summed E-state index contributed by atoms with van der Waals surface area (Å²) in [6.45, 7) is -0.546. The molecule has 0 spiro atoms. The van der Waals surface area contributed by atoms with E-state index in [1.807, 2.05) is 4.72 Å². The standard InChI is InChI=1S/C9H12N2O5S/c1-16-7-3-2-4-8(5-7)17(14,15)10-6-9(12)11-13/h2-5,10,13H,6H2,1H3,(H,11,12). The van der Waals surface area contributed by atoms with Gasteiger partial charge < -0.3 is 4.74 Å². The van der Waals surface area contributed by atoms with E-state index in [1.165, 1.54) is 30.8 Å². The van der Waals surface area contributed by atoms with Gasteiger partial charge in [-0.2, -0.15) is 0 Å². The molecule has 8 heteroatoms. The van der Waals surface area contributed by atoms with Gasteiger partial charge in [0.25, 0.3) is 5.91 Å². The van der Waals surface area contributed by atoms with Crippen LogP contribution < -0.4 is 14.9 Å². The van der Waals surface area contributed by atoms with Crippen LogP contribution in [0.5, 0.6) is 5.75 Å². The summed E-state index contributed by atoms with van der Waals surface area (Å²) in [5, 5.41) is 8.23. The number of benzene rings is 1. The summed E-state index contributed by atoms with van der Waals surface area (Å²) >= 11 is 0. The number of hydroxylamine groups is 1. The molecular formula is C9H12N2O5S. The minimum atomic E-state index is -3.80. The number of amides is 1. The second-order valence-electron chi connectivity index (χ2n) is 3.04. The largest absolute Gasteiger partial charge is 0.497 e. The van der Waals surface area contributed by atoms with Gasteiger partial charge in [0.1, 0.15) is 5.75 Å². The zero-order valence-electron chi connectivity index (χ0n) is 9.00. The first-order valence-corrected chi connectivity index (χ1v) is 6.04. The van der Waals surface area contributed by atoms with E-state index in [4.69, 9.17) is 9.94 Å². The fourth-order valence-corrected chi connectivity index (χ4v) is 2.07. The van der Waals surface area contributed by atoms with Crippen molar-refractivity contribution in [1.82, 2.24) is 10.2 Å². The van der Waals surface area contributed by atoms with E-state index in [9.17, 15) is 13.2 Å². The maximum Gasteiger partial charge on any atom is 0.258 e.